The Bertz CT molecular complexity index is 1440. The van der Waals surface area contributed by atoms with Crippen molar-refractivity contribution in [1.29, 1.82) is 0 Å². The number of benzene rings is 3. The number of amides is 1. The van der Waals surface area contributed by atoms with Crippen molar-refractivity contribution in [2.75, 3.05) is 20.3 Å². The first kappa shape index (κ1) is 27.4. The second kappa shape index (κ2) is 12.7. The van der Waals surface area contributed by atoms with Crippen LogP contribution in [0.15, 0.2) is 85.1 Å². The monoisotopic (exact) mass is 524 g/mol. The van der Waals surface area contributed by atoms with E-state index in [4.69, 9.17) is 9.47 Å². The predicted octanol–water partition coefficient (Wildman–Crippen LogP) is 6.11. The van der Waals surface area contributed by atoms with Gasteiger partial charge in [0, 0.05) is 42.0 Å². The summed E-state index contributed by atoms with van der Waals surface area (Å²) in [6.45, 7) is 5.27. The third kappa shape index (κ3) is 6.62. The number of aromatic nitrogens is 1. The van der Waals surface area contributed by atoms with Crippen molar-refractivity contribution in [3.63, 3.8) is 0 Å². The normalized spacial score (nSPS) is 10.6. The van der Waals surface area contributed by atoms with E-state index in [2.05, 4.69) is 11.1 Å². The van der Waals surface area contributed by atoms with Gasteiger partial charge in [0.05, 0.1) is 20.1 Å². The number of rotatable bonds is 11. The number of carboxylic acid groups (broad SMARTS) is 1. The Balaban J connectivity index is 1.81. The zero-order valence-corrected chi connectivity index (χ0v) is 22.4. The van der Waals surface area contributed by atoms with Crippen molar-refractivity contribution in [3.8, 4) is 33.9 Å². The number of nitrogens with zero attached hydrogens (tertiary/aromatic N) is 2. The van der Waals surface area contributed by atoms with Crippen molar-refractivity contribution >= 4 is 11.9 Å². The van der Waals surface area contributed by atoms with Gasteiger partial charge in [-0.05, 0) is 72.5 Å². The molecule has 0 aliphatic rings. The molecule has 0 atom stereocenters. The molecule has 0 unspecified atom stereocenters. The molecular weight excluding hydrogens is 492 g/mol. The highest BCUT2D eigenvalue weighted by molar-refractivity contribution is 5.94. The summed E-state index contributed by atoms with van der Waals surface area (Å²) < 4.78 is 11.1. The summed E-state index contributed by atoms with van der Waals surface area (Å²) in [4.78, 5) is 31.0. The zero-order valence-electron chi connectivity index (χ0n) is 22.4. The van der Waals surface area contributed by atoms with Crippen LogP contribution in [0.2, 0.25) is 0 Å². The molecular formula is C32H32N2O5. The van der Waals surface area contributed by atoms with Crippen LogP contribution in [-0.4, -0.2) is 47.1 Å². The Labute approximate surface area is 228 Å². The molecule has 0 saturated heterocycles. The van der Waals surface area contributed by atoms with Crippen LogP contribution in [-0.2, 0) is 17.8 Å². The highest BCUT2D eigenvalue weighted by Crippen LogP contribution is 2.36. The van der Waals surface area contributed by atoms with Crippen LogP contribution in [0.25, 0.3) is 22.3 Å². The lowest BCUT2D eigenvalue weighted by molar-refractivity contribution is -0.136. The summed E-state index contributed by atoms with van der Waals surface area (Å²) in [5, 5.41) is 9.36. The summed E-state index contributed by atoms with van der Waals surface area (Å²) in [7, 11) is 1.59. The van der Waals surface area contributed by atoms with E-state index in [1.165, 1.54) is 0 Å². The Hall–Kier alpha value is -4.65. The van der Waals surface area contributed by atoms with Crippen molar-refractivity contribution in [3.05, 3.63) is 102 Å². The predicted molar refractivity (Wildman–Crippen MR) is 151 cm³/mol. The van der Waals surface area contributed by atoms with E-state index >= 15 is 0 Å². The van der Waals surface area contributed by atoms with Gasteiger partial charge in [0.15, 0.2) is 0 Å². The van der Waals surface area contributed by atoms with E-state index in [1.54, 1.807) is 30.3 Å². The molecule has 39 heavy (non-hydrogen) atoms. The van der Waals surface area contributed by atoms with Gasteiger partial charge >= 0.3 is 5.97 Å². The number of methoxy groups -OCH3 is 1. The number of aliphatic carboxylic acids is 1. The molecule has 0 fully saturated rings. The van der Waals surface area contributed by atoms with Gasteiger partial charge in [-0.25, -0.2) is 4.98 Å². The van der Waals surface area contributed by atoms with Crippen LogP contribution in [0.4, 0.5) is 0 Å². The fourth-order valence-electron chi connectivity index (χ4n) is 4.50. The summed E-state index contributed by atoms with van der Waals surface area (Å²) in [5.41, 5.74) is 5.67. The number of hydrogen-bond donors (Lipinski definition) is 1. The maximum atomic E-state index is 13.4. The molecule has 3 aromatic carbocycles. The molecule has 7 heteroatoms. The molecule has 1 heterocycles. The molecule has 0 spiro atoms. The molecule has 0 aliphatic heterocycles. The largest absolute Gasteiger partial charge is 0.496 e. The fourth-order valence-corrected chi connectivity index (χ4v) is 4.50. The van der Waals surface area contributed by atoms with Gasteiger partial charge in [0.25, 0.3) is 5.91 Å². The summed E-state index contributed by atoms with van der Waals surface area (Å²) in [6, 6.07) is 24.4. The number of carbonyl (C=O) groups excluding carboxylic acids is 1. The molecule has 0 aliphatic carbocycles. The van der Waals surface area contributed by atoms with E-state index in [0.717, 1.165) is 27.8 Å². The summed E-state index contributed by atoms with van der Waals surface area (Å²) in [6.07, 6.45) is 1.67. The van der Waals surface area contributed by atoms with E-state index in [0.29, 0.717) is 42.5 Å². The Morgan fingerprint density at radius 1 is 0.897 bits per heavy atom. The number of pyridine rings is 1. The summed E-state index contributed by atoms with van der Waals surface area (Å²) >= 11 is 0. The lowest BCUT2D eigenvalue weighted by atomic mass is 9.93. The average molecular weight is 525 g/mol. The van der Waals surface area contributed by atoms with Crippen molar-refractivity contribution in [2.24, 2.45) is 0 Å². The Morgan fingerprint density at radius 2 is 1.67 bits per heavy atom. The second-order valence-electron chi connectivity index (χ2n) is 8.98. The Morgan fingerprint density at radius 3 is 2.31 bits per heavy atom. The van der Waals surface area contributed by atoms with E-state index in [9.17, 15) is 14.7 Å². The second-order valence-corrected chi connectivity index (χ2v) is 8.98. The van der Waals surface area contributed by atoms with Gasteiger partial charge in [-0.1, -0.05) is 36.4 Å². The molecule has 1 amide bonds. The number of carbonyl (C=O) groups is 2. The number of carboxylic acids is 1. The average Bonchev–Trinajstić information content (AvgIpc) is 2.96. The quantitative estimate of drug-likeness (QED) is 0.255. The fraction of sp³-hybridized carbons (Fsp3) is 0.219. The van der Waals surface area contributed by atoms with E-state index in [1.807, 2.05) is 74.5 Å². The first-order valence-electron chi connectivity index (χ1n) is 12.9. The van der Waals surface area contributed by atoms with Crippen LogP contribution in [0.3, 0.4) is 0 Å². The smallest absolute Gasteiger partial charge is 0.307 e. The minimum Gasteiger partial charge on any atom is -0.496 e. The lowest BCUT2D eigenvalue weighted by Crippen LogP contribution is -2.30. The van der Waals surface area contributed by atoms with E-state index in [-0.39, 0.29) is 12.3 Å². The van der Waals surface area contributed by atoms with Gasteiger partial charge in [-0.2, -0.15) is 0 Å². The highest BCUT2D eigenvalue weighted by Gasteiger charge is 2.19. The SMILES string of the molecule is CCOc1ccc(-c2ccc(-c3cc(CC(=O)O)ccc3OC)c(CN(CC)C(=O)c3ccccc3)c2)cn1. The molecule has 0 radical (unpaired) electrons. The van der Waals surface area contributed by atoms with Crippen molar-refractivity contribution < 1.29 is 24.2 Å². The molecule has 0 saturated carbocycles. The third-order valence-corrected chi connectivity index (χ3v) is 6.43. The van der Waals surface area contributed by atoms with Gasteiger partial charge in [-0.15, -0.1) is 0 Å². The molecule has 4 rings (SSSR count). The first-order chi connectivity index (χ1) is 18.9. The van der Waals surface area contributed by atoms with Crippen LogP contribution in [0.1, 0.15) is 35.3 Å². The highest BCUT2D eigenvalue weighted by atomic mass is 16.5. The van der Waals surface area contributed by atoms with Crippen molar-refractivity contribution in [1.82, 2.24) is 9.88 Å². The summed E-state index contributed by atoms with van der Waals surface area (Å²) in [5.74, 6) is 0.209. The molecule has 200 valence electrons. The van der Waals surface area contributed by atoms with Gasteiger partial charge in [-0.3, -0.25) is 9.59 Å². The lowest BCUT2D eigenvalue weighted by Gasteiger charge is -2.24. The molecule has 1 N–H and O–H groups in total. The topological polar surface area (TPSA) is 89.0 Å². The zero-order chi connectivity index (χ0) is 27.8. The van der Waals surface area contributed by atoms with E-state index < -0.39 is 5.97 Å². The standard InChI is InChI=1S/C32H32N2O5/c1-4-34(32(37)23-9-7-6-8-10-23)21-26-19-24(25-13-16-30(33-20-25)39-5-2)12-14-27(26)28-17-22(18-31(35)36)11-15-29(28)38-3/h6-17,19-20H,4-5,18,21H2,1-3H3,(H,35,36). The molecule has 1 aromatic heterocycles. The van der Waals surface area contributed by atoms with Crippen LogP contribution >= 0.6 is 0 Å². The van der Waals surface area contributed by atoms with Gasteiger partial charge in [0.2, 0.25) is 5.88 Å². The number of hydrogen-bond acceptors (Lipinski definition) is 5. The molecule has 7 nitrogen and oxygen atoms in total. The van der Waals surface area contributed by atoms with Gasteiger partial charge < -0.3 is 19.5 Å². The molecule has 0 bridgehead atoms. The van der Waals surface area contributed by atoms with Crippen LogP contribution in [0, 0.1) is 0 Å². The minimum atomic E-state index is -0.907. The third-order valence-electron chi connectivity index (χ3n) is 6.43. The molecule has 4 aromatic rings. The maximum Gasteiger partial charge on any atom is 0.307 e. The van der Waals surface area contributed by atoms with Crippen molar-refractivity contribution in [2.45, 2.75) is 26.8 Å². The Kier molecular flexibility index (Phi) is 8.94. The minimum absolute atomic E-state index is 0.0659. The number of ether oxygens (including phenoxy) is 2. The van der Waals surface area contributed by atoms with Gasteiger partial charge in [0.1, 0.15) is 5.75 Å². The first-order valence-corrected chi connectivity index (χ1v) is 12.9. The maximum absolute atomic E-state index is 13.4. The van der Waals surface area contributed by atoms with Crippen LogP contribution in [0.5, 0.6) is 11.6 Å². The van der Waals surface area contributed by atoms with Crippen LogP contribution < -0.4 is 9.47 Å².